The molecule has 0 aliphatic carbocycles. The van der Waals surface area contributed by atoms with Gasteiger partial charge in [-0.3, -0.25) is 5.32 Å². The van der Waals surface area contributed by atoms with Gasteiger partial charge in [0.25, 0.3) is 0 Å². The number of halogens is 1. The van der Waals surface area contributed by atoms with Crippen LogP contribution in [-0.2, 0) is 9.47 Å². The third kappa shape index (κ3) is 2.10. The van der Waals surface area contributed by atoms with E-state index >= 15 is 0 Å². The summed E-state index contributed by atoms with van der Waals surface area (Å²) in [5.74, 6) is 0.583. The van der Waals surface area contributed by atoms with Crippen LogP contribution >= 0.6 is 12.4 Å². The minimum Gasteiger partial charge on any atom is -0.381 e. The number of hydrogen-bond donors (Lipinski definition) is 1. The smallest absolute Gasteiger partial charge is 0.113 e. The second-order valence-corrected chi connectivity index (χ2v) is 3.45. The van der Waals surface area contributed by atoms with Crippen molar-refractivity contribution >= 4 is 12.4 Å². The van der Waals surface area contributed by atoms with Crippen LogP contribution in [0.2, 0.25) is 0 Å². The Kier molecular flexibility index (Phi) is 3.77. The average Bonchev–Trinajstić information content (AvgIpc) is 2.55. The Bertz CT molecular complexity index is 139. The van der Waals surface area contributed by atoms with Crippen molar-refractivity contribution in [3.63, 3.8) is 0 Å². The summed E-state index contributed by atoms with van der Waals surface area (Å²) >= 11 is 0. The molecular formula is C8H16ClNO2. The molecule has 2 rings (SSSR count). The summed E-state index contributed by atoms with van der Waals surface area (Å²) in [7, 11) is 0. The van der Waals surface area contributed by atoms with Gasteiger partial charge in [-0.1, -0.05) is 0 Å². The van der Waals surface area contributed by atoms with E-state index < -0.39 is 0 Å². The van der Waals surface area contributed by atoms with Gasteiger partial charge in [-0.2, -0.15) is 0 Å². The molecule has 2 aliphatic heterocycles. The molecule has 2 saturated heterocycles. The quantitative estimate of drug-likeness (QED) is 0.668. The summed E-state index contributed by atoms with van der Waals surface area (Å²) in [6, 6.07) is 0.514. The fraction of sp³-hybridized carbons (Fsp3) is 1.00. The van der Waals surface area contributed by atoms with Crippen LogP contribution in [-0.4, -0.2) is 32.1 Å². The van der Waals surface area contributed by atoms with Crippen LogP contribution in [0, 0.1) is 5.92 Å². The van der Waals surface area contributed by atoms with E-state index in [1.54, 1.807) is 0 Å². The molecule has 0 aromatic carbocycles. The van der Waals surface area contributed by atoms with Crippen LogP contribution in [0.25, 0.3) is 0 Å². The molecule has 3 atom stereocenters. The van der Waals surface area contributed by atoms with Gasteiger partial charge in [-0.05, 0) is 13.3 Å². The van der Waals surface area contributed by atoms with Crippen LogP contribution in [0.3, 0.4) is 0 Å². The standard InChI is InChI=1S/C8H15NO2.ClH/c1-6-4-11-8(9-6)7-2-3-10-5-7;/h6-9H,2-5H2,1H3;1H. The lowest BCUT2D eigenvalue weighted by molar-refractivity contribution is 0.0453. The molecule has 0 bridgehead atoms. The highest BCUT2D eigenvalue weighted by Gasteiger charge is 2.31. The lowest BCUT2D eigenvalue weighted by Gasteiger charge is -2.15. The molecule has 3 nitrogen and oxygen atoms in total. The summed E-state index contributed by atoms with van der Waals surface area (Å²) < 4.78 is 10.8. The van der Waals surface area contributed by atoms with Gasteiger partial charge in [-0.25, -0.2) is 0 Å². The third-order valence-electron chi connectivity index (χ3n) is 2.37. The van der Waals surface area contributed by atoms with Crippen LogP contribution < -0.4 is 5.32 Å². The fourth-order valence-corrected chi connectivity index (χ4v) is 1.69. The van der Waals surface area contributed by atoms with Crippen LogP contribution in [0.5, 0.6) is 0 Å². The maximum Gasteiger partial charge on any atom is 0.113 e. The van der Waals surface area contributed by atoms with E-state index in [-0.39, 0.29) is 18.6 Å². The molecule has 2 heterocycles. The van der Waals surface area contributed by atoms with E-state index in [2.05, 4.69) is 12.2 Å². The van der Waals surface area contributed by atoms with Gasteiger partial charge in [0.15, 0.2) is 0 Å². The Balaban J connectivity index is 0.000000720. The Labute approximate surface area is 79.2 Å². The molecule has 2 aliphatic rings. The summed E-state index contributed by atoms with van der Waals surface area (Å²) in [5, 5.41) is 3.39. The lowest BCUT2D eigenvalue weighted by atomic mass is 10.1. The number of rotatable bonds is 1. The molecule has 0 aromatic heterocycles. The molecule has 0 amide bonds. The van der Waals surface area contributed by atoms with Gasteiger partial charge in [0.2, 0.25) is 0 Å². The van der Waals surface area contributed by atoms with E-state index in [1.165, 1.54) is 0 Å². The maximum absolute atomic E-state index is 5.56. The monoisotopic (exact) mass is 193 g/mol. The predicted octanol–water partition coefficient (Wildman–Crippen LogP) is 0.779. The van der Waals surface area contributed by atoms with Crippen molar-refractivity contribution in [3.05, 3.63) is 0 Å². The molecule has 4 heteroatoms. The highest BCUT2D eigenvalue weighted by atomic mass is 35.5. The number of nitrogens with one attached hydrogen (secondary N) is 1. The summed E-state index contributed by atoms with van der Waals surface area (Å²) in [4.78, 5) is 0. The largest absolute Gasteiger partial charge is 0.381 e. The van der Waals surface area contributed by atoms with Crippen molar-refractivity contribution < 1.29 is 9.47 Å². The van der Waals surface area contributed by atoms with E-state index in [4.69, 9.17) is 9.47 Å². The first kappa shape index (κ1) is 10.3. The lowest BCUT2D eigenvalue weighted by Crippen LogP contribution is -2.34. The van der Waals surface area contributed by atoms with Crippen molar-refractivity contribution in [1.29, 1.82) is 0 Å². The second kappa shape index (κ2) is 4.42. The third-order valence-corrected chi connectivity index (χ3v) is 2.37. The van der Waals surface area contributed by atoms with E-state index in [0.717, 1.165) is 26.2 Å². The Morgan fingerprint density at radius 2 is 2.17 bits per heavy atom. The van der Waals surface area contributed by atoms with Crippen molar-refractivity contribution in [3.8, 4) is 0 Å². The Morgan fingerprint density at radius 3 is 2.67 bits per heavy atom. The van der Waals surface area contributed by atoms with Crippen LogP contribution in [0.4, 0.5) is 0 Å². The molecule has 0 spiro atoms. The normalized spacial score (nSPS) is 41.2. The fourth-order valence-electron chi connectivity index (χ4n) is 1.69. The molecule has 0 saturated carbocycles. The van der Waals surface area contributed by atoms with Crippen LogP contribution in [0.15, 0.2) is 0 Å². The van der Waals surface area contributed by atoms with E-state index in [1.807, 2.05) is 0 Å². The zero-order valence-corrected chi connectivity index (χ0v) is 8.10. The summed E-state index contributed by atoms with van der Waals surface area (Å²) in [6.07, 6.45) is 1.40. The molecule has 0 aromatic rings. The van der Waals surface area contributed by atoms with Gasteiger partial charge in [0.1, 0.15) is 6.23 Å². The Hall–Kier alpha value is 0.170. The van der Waals surface area contributed by atoms with Gasteiger partial charge < -0.3 is 9.47 Å². The molecule has 1 N–H and O–H groups in total. The first-order valence-electron chi connectivity index (χ1n) is 4.31. The summed E-state index contributed by atoms with van der Waals surface area (Å²) in [5.41, 5.74) is 0. The first-order chi connectivity index (χ1) is 5.36. The molecule has 12 heavy (non-hydrogen) atoms. The molecule has 2 fully saturated rings. The van der Waals surface area contributed by atoms with Gasteiger partial charge in [0, 0.05) is 18.6 Å². The molecule has 3 unspecified atom stereocenters. The number of hydrogen-bond acceptors (Lipinski definition) is 3. The predicted molar refractivity (Wildman–Crippen MR) is 48.5 cm³/mol. The second-order valence-electron chi connectivity index (χ2n) is 3.45. The first-order valence-corrected chi connectivity index (χ1v) is 4.31. The van der Waals surface area contributed by atoms with Crippen molar-refractivity contribution in [2.24, 2.45) is 5.92 Å². The SMILES string of the molecule is CC1COC(C2CCOC2)N1.Cl. The zero-order chi connectivity index (χ0) is 7.68. The van der Waals surface area contributed by atoms with Gasteiger partial charge in [-0.15, -0.1) is 12.4 Å². The summed E-state index contributed by atoms with van der Waals surface area (Å²) in [6.45, 7) is 4.77. The highest BCUT2D eigenvalue weighted by molar-refractivity contribution is 5.85. The molecule has 0 radical (unpaired) electrons. The van der Waals surface area contributed by atoms with Gasteiger partial charge >= 0.3 is 0 Å². The Morgan fingerprint density at radius 1 is 1.33 bits per heavy atom. The maximum atomic E-state index is 5.56. The molecule has 72 valence electrons. The molecular weight excluding hydrogens is 178 g/mol. The highest BCUT2D eigenvalue weighted by Crippen LogP contribution is 2.20. The van der Waals surface area contributed by atoms with Gasteiger partial charge in [0.05, 0.1) is 13.2 Å². The zero-order valence-electron chi connectivity index (χ0n) is 7.29. The average molecular weight is 194 g/mol. The minimum atomic E-state index is 0. The van der Waals surface area contributed by atoms with E-state index in [0.29, 0.717) is 12.0 Å². The van der Waals surface area contributed by atoms with Crippen molar-refractivity contribution in [2.45, 2.75) is 25.6 Å². The van der Waals surface area contributed by atoms with Crippen LogP contribution in [0.1, 0.15) is 13.3 Å². The topological polar surface area (TPSA) is 30.5 Å². The minimum absolute atomic E-state index is 0. The van der Waals surface area contributed by atoms with E-state index in [9.17, 15) is 0 Å². The number of ether oxygens (including phenoxy) is 2. The van der Waals surface area contributed by atoms with Crippen molar-refractivity contribution in [1.82, 2.24) is 5.32 Å². The van der Waals surface area contributed by atoms with Crippen molar-refractivity contribution in [2.75, 3.05) is 19.8 Å².